The fourth-order valence-corrected chi connectivity index (χ4v) is 2.55. The molecule has 25 heavy (non-hydrogen) atoms. The van der Waals surface area contributed by atoms with Crippen molar-refractivity contribution in [3.63, 3.8) is 0 Å². The second kappa shape index (κ2) is 8.26. The Bertz CT molecular complexity index is 622. The first-order valence-corrected chi connectivity index (χ1v) is 7.60. The van der Waals surface area contributed by atoms with Crippen LogP contribution in [0.25, 0.3) is 0 Å². The van der Waals surface area contributed by atoms with Crippen LogP contribution < -0.4 is 14.8 Å². The molecule has 5 atom stereocenters. The number of benzene rings is 1. The molecule has 1 amide bonds. The number of carbonyl (C=O) groups excluding carboxylic acids is 2. The monoisotopic (exact) mass is 355 g/mol. The van der Waals surface area contributed by atoms with Gasteiger partial charge in [0.25, 0.3) is 0 Å². The van der Waals surface area contributed by atoms with Gasteiger partial charge in [0.2, 0.25) is 12.2 Å². The summed E-state index contributed by atoms with van der Waals surface area (Å²) >= 11 is 0. The summed E-state index contributed by atoms with van der Waals surface area (Å²) in [6.07, 6.45) is -4.47. The van der Waals surface area contributed by atoms with Crippen LogP contribution in [0.1, 0.15) is 17.3 Å². The van der Waals surface area contributed by atoms with Crippen molar-refractivity contribution >= 4 is 12.2 Å². The van der Waals surface area contributed by atoms with Gasteiger partial charge >= 0.3 is 0 Å². The highest BCUT2D eigenvalue weighted by atomic mass is 16.7. The molecule has 1 heterocycles. The SMILES string of the molecule is COc1cc(C=O)ccc1O[C@H]1O[C@@H](CO)[C@@H](O)[C@@H](O)[C@H]1NC(C)=O. The number of hydrogen-bond donors (Lipinski definition) is 4. The van der Waals surface area contributed by atoms with Gasteiger partial charge in [0.05, 0.1) is 13.7 Å². The molecule has 9 nitrogen and oxygen atoms in total. The molecular weight excluding hydrogens is 334 g/mol. The Morgan fingerprint density at radius 3 is 2.60 bits per heavy atom. The van der Waals surface area contributed by atoms with E-state index in [0.717, 1.165) is 0 Å². The normalized spacial score (nSPS) is 28.9. The Kier molecular flexibility index (Phi) is 6.32. The van der Waals surface area contributed by atoms with Gasteiger partial charge in [0.15, 0.2) is 11.5 Å². The van der Waals surface area contributed by atoms with E-state index in [1.165, 1.54) is 32.2 Å². The van der Waals surface area contributed by atoms with E-state index in [2.05, 4.69) is 5.32 Å². The molecule has 1 aliphatic rings. The molecule has 1 saturated heterocycles. The summed E-state index contributed by atoms with van der Waals surface area (Å²) in [6, 6.07) is 3.34. The highest BCUT2D eigenvalue weighted by Gasteiger charge is 2.46. The lowest BCUT2D eigenvalue weighted by Crippen LogP contribution is -2.65. The van der Waals surface area contributed by atoms with Gasteiger partial charge in [-0.1, -0.05) is 0 Å². The number of rotatable bonds is 6. The van der Waals surface area contributed by atoms with Crippen molar-refractivity contribution in [3.05, 3.63) is 23.8 Å². The van der Waals surface area contributed by atoms with Crippen LogP contribution in [0.5, 0.6) is 11.5 Å². The van der Waals surface area contributed by atoms with Gasteiger partial charge in [-0.2, -0.15) is 0 Å². The fourth-order valence-electron chi connectivity index (χ4n) is 2.55. The van der Waals surface area contributed by atoms with Crippen LogP contribution in [-0.4, -0.2) is 71.9 Å². The molecule has 0 radical (unpaired) electrons. The predicted molar refractivity (Wildman–Crippen MR) is 84.4 cm³/mol. The lowest BCUT2D eigenvalue weighted by atomic mass is 9.97. The van der Waals surface area contributed by atoms with E-state index in [1.54, 1.807) is 0 Å². The van der Waals surface area contributed by atoms with Crippen LogP contribution >= 0.6 is 0 Å². The molecule has 0 bridgehead atoms. The van der Waals surface area contributed by atoms with E-state index in [9.17, 15) is 24.9 Å². The summed E-state index contributed by atoms with van der Waals surface area (Å²) in [5.74, 6) is -0.0103. The van der Waals surface area contributed by atoms with Crippen molar-refractivity contribution < 1.29 is 39.1 Å². The number of hydrogen-bond acceptors (Lipinski definition) is 8. The summed E-state index contributed by atoms with van der Waals surface area (Å²) in [7, 11) is 1.39. The average molecular weight is 355 g/mol. The molecule has 1 aliphatic heterocycles. The van der Waals surface area contributed by atoms with E-state index in [1.807, 2.05) is 0 Å². The summed E-state index contributed by atoms with van der Waals surface area (Å²) < 4.78 is 16.3. The maximum absolute atomic E-state index is 11.4. The second-order valence-corrected chi connectivity index (χ2v) is 5.58. The fraction of sp³-hybridized carbons (Fsp3) is 0.500. The van der Waals surface area contributed by atoms with E-state index in [0.29, 0.717) is 11.8 Å². The van der Waals surface area contributed by atoms with Gasteiger partial charge in [0, 0.05) is 12.5 Å². The number of nitrogens with one attached hydrogen (secondary N) is 1. The van der Waals surface area contributed by atoms with Crippen molar-refractivity contribution in [2.24, 2.45) is 0 Å². The molecule has 2 rings (SSSR count). The standard InChI is InChI=1S/C16H21NO8/c1-8(20)17-13-15(22)14(21)12(7-19)25-16(13)24-10-4-3-9(6-18)5-11(10)23-2/h3-6,12-16,19,21-22H,7H2,1-2H3,(H,17,20)/t12-,13+,14+,15-,16-/m0/s1. The number of aldehydes is 1. The van der Waals surface area contributed by atoms with Gasteiger partial charge in [-0.3, -0.25) is 9.59 Å². The molecule has 1 aromatic carbocycles. The molecule has 0 aromatic heterocycles. The van der Waals surface area contributed by atoms with Gasteiger partial charge in [-0.05, 0) is 18.2 Å². The lowest BCUT2D eigenvalue weighted by molar-refractivity contribution is -0.244. The summed E-state index contributed by atoms with van der Waals surface area (Å²) in [5.41, 5.74) is 0.371. The van der Waals surface area contributed by atoms with Crippen molar-refractivity contribution in [1.82, 2.24) is 5.32 Å². The zero-order chi connectivity index (χ0) is 18.6. The average Bonchev–Trinajstić information content (AvgIpc) is 2.61. The van der Waals surface area contributed by atoms with E-state index >= 15 is 0 Å². The summed E-state index contributed by atoms with van der Waals surface area (Å²) in [6.45, 7) is 0.694. The third kappa shape index (κ3) is 4.26. The van der Waals surface area contributed by atoms with E-state index in [4.69, 9.17) is 14.2 Å². The van der Waals surface area contributed by atoms with Crippen molar-refractivity contribution in [3.8, 4) is 11.5 Å². The summed E-state index contributed by atoms with van der Waals surface area (Å²) in [5, 5.41) is 32.0. The highest BCUT2D eigenvalue weighted by Crippen LogP contribution is 2.31. The Labute approximate surface area is 144 Å². The van der Waals surface area contributed by atoms with Gasteiger partial charge in [0.1, 0.15) is 30.6 Å². The van der Waals surface area contributed by atoms with Crippen molar-refractivity contribution in [2.75, 3.05) is 13.7 Å². The zero-order valence-corrected chi connectivity index (χ0v) is 13.8. The third-order valence-electron chi connectivity index (χ3n) is 3.82. The van der Waals surface area contributed by atoms with Crippen LogP contribution in [0.2, 0.25) is 0 Å². The molecule has 0 unspecified atom stereocenters. The van der Waals surface area contributed by atoms with Crippen LogP contribution in [0.15, 0.2) is 18.2 Å². The number of amides is 1. The van der Waals surface area contributed by atoms with Crippen molar-refractivity contribution in [1.29, 1.82) is 0 Å². The maximum atomic E-state index is 11.4. The Balaban J connectivity index is 2.29. The van der Waals surface area contributed by atoms with Gasteiger partial charge < -0.3 is 34.8 Å². The number of aliphatic hydroxyl groups excluding tert-OH is 3. The zero-order valence-electron chi connectivity index (χ0n) is 13.8. The minimum atomic E-state index is -1.42. The third-order valence-corrected chi connectivity index (χ3v) is 3.82. The summed E-state index contributed by atoms with van der Waals surface area (Å²) in [4.78, 5) is 22.2. The minimum absolute atomic E-state index is 0.203. The second-order valence-electron chi connectivity index (χ2n) is 5.58. The highest BCUT2D eigenvalue weighted by molar-refractivity contribution is 5.76. The van der Waals surface area contributed by atoms with Crippen LogP contribution in [-0.2, 0) is 9.53 Å². The smallest absolute Gasteiger partial charge is 0.223 e. The van der Waals surface area contributed by atoms with E-state index < -0.39 is 43.2 Å². The first-order chi connectivity index (χ1) is 11.9. The number of aliphatic hydroxyl groups is 3. The molecule has 0 saturated carbocycles. The minimum Gasteiger partial charge on any atom is -0.493 e. The molecule has 0 aliphatic carbocycles. The largest absolute Gasteiger partial charge is 0.493 e. The number of methoxy groups -OCH3 is 1. The first kappa shape index (κ1) is 19.1. The van der Waals surface area contributed by atoms with Crippen LogP contribution in [0.4, 0.5) is 0 Å². The topological polar surface area (TPSA) is 135 Å². The molecular formula is C16H21NO8. The lowest BCUT2D eigenvalue weighted by Gasteiger charge is -2.42. The molecule has 1 fully saturated rings. The molecule has 4 N–H and O–H groups in total. The Morgan fingerprint density at radius 1 is 1.32 bits per heavy atom. The van der Waals surface area contributed by atoms with E-state index in [-0.39, 0.29) is 11.5 Å². The van der Waals surface area contributed by atoms with Crippen LogP contribution in [0, 0.1) is 0 Å². The molecule has 0 spiro atoms. The van der Waals surface area contributed by atoms with Crippen LogP contribution in [0.3, 0.4) is 0 Å². The molecule has 9 heteroatoms. The number of carbonyl (C=O) groups is 2. The van der Waals surface area contributed by atoms with Gasteiger partial charge in [-0.25, -0.2) is 0 Å². The number of ether oxygens (including phenoxy) is 3. The molecule has 138 valence electrons. The Hall–Kier alpha value is -2.20. The maximum Gasteiger partial charge on any atom is 0.223 e. The molecule has 1 aromatic rings. The quantitative estimate of drug-likeness (QED) is 0.469. The predicted octanol–water partition coefficient (Wildman–Crippen LogP) is -1.17. The van der Waals surface area contributed by atoms with Crippen molar-refractivity contribution in [2.45, 2.75) is 37.6 Å². The van der Waals surface area contributed by atoms with Gasteiger partial charge in [-0.15, -0.1) is 0 Å². The first-order valence-electron chi connectivity index (χ1n) is 7.60. The Morgan fingerprint density at radius 2 is 2.04 bits per heavy atom.